The van der Waals surface area contributed by atoms with Crippen LogP contribution in [0, 0.1) is 11.8 Å². The van der Waals surface area contributed by atoms with Gasteiger partial charge in [-0.3, -0.25) is 19.2 Å². The first kappa shape index (κ1) is 21.1. The molecule has 27 heavy (non-hydrogen) atoms. The van der Waals surface area contributed by atoms with E-state index in [0.29, 0.717) is 13.2 Å². The van der Waals surface area contributed by atoms with E-state index in [0.717, 1.165) is 25.7 Å². The van der Waals surface area contributed by atoms with E-state index in [2.05, 4.69) is 0 Å². The van der Waals surface area contributed by atoms with Crippen LogP contribution in [0.2, 0.25) is 0 Å². The minimum absolute atomic E-state index is 0.00344. The van der Waals surface area contributed by atoms with E-state index in [1.165, 1.54) is 9.80 Å². The lowest BCUT2D eigenvalue weighted by molar-refractivity contribution is -0.148. The van der Waals surface area contributed by atoms with Crippen molar-refractivity contribution in [2.24, 2.45) is 11.8 Å². The van der Waals surface area contributed by atoms with Crippen molar-refractivity contribution in [2.45, 2.75) is 38.5 Å². The summed E-state index contributed by atoms with van der Waals surface area (Å²) < 4.78 is 5.23. The Morgan fingerprint density at radius 1 is 0.926 bits per heavy atom. The van der Waals surface area contributed by atoms with Crippen molar-refractivity contribution in [2.75, 3.05) is 39.4 Å². The maximum atomic E-state index is 12.1. The van der Waals surface area contributed by atoms with Crippen LogP contribution >= 0.6 is 0 Å². The quantitative estimate of drug-likeness (QED) is 0.375. The summed E-state index contributed by atoms with van der Waals surface area (Å²) in [6.07, 6.45) is 3.35. The number of ether oxygens (including phenoxy) is 1. The Labute approximate surface area is 158 Å². The summed E-state index contributed by atoms with van der Waals surface area (Å²) in [5, 5.41) is 17.7. The number of carboxylic acids is 1. The van der Waals surface area contributed by atoms with Crippen LogP contribution in [0.1, 0.15) is 38.5 Å². The summed E-state index contributed by atoms with van der Waals surface area (Å²) in [5.74, 6) is -2.91. The van der Waals surface area contributed by atoms with Crippen LogP contribution in [-0.4, -0.2) is 83.2 Å². The molecule has 0 radical (unpaired) electrons. The van der Waals surface area contributed by atoms with Gasteiger partial charge in [0.2, 0.25) is 11.8 Å². The Bertz CT molecular complexity index is 566. The molecular weight excluding hydrogens is 356 g/mol. The van der Waals surface area contributed by atoms with Crippen LogP contribution in [0.5, 0.6) is 0 Å². The topological polar surface area (TPSA) is 124 Å². The maximum Gasteiger partial charge on any atom is 0.311 e. The fourth-order valence-corrected chi connectivity index (χ4v) is 3.40. The van der Waals surface area contributed by atoms with Gasteiger partial charge in [-0.2, -0.15) is 0 Å². The normalized spacial score (nSPS) is 22.6. The lowest BCUT2D eigenvalue weighted by Gasteiger charge is -2.21. The third-order valence-electron chi connectivity index (χ3n) is 5.05. The molecule has 0 aromatic heterocycles. The fourth-order valence-electron chi connectivity index (χ4n) is 3.40. The van der Waals surface area contributed by atoms with Gasteiger partial charge in [-0.15, -0.1) is 0 Å². The Balaban J connectivity index is 1.68. The summed E-state index contributed by atoms with van der Waals surface area (Å²) in [6.45, 7) is 1.49. The van der Waals surface area contributed by atoms with Gasteiger partial charge in [0.25, 0.3) is 0 Å². The molecule has 0 spiro atoms. The Kier molecular flexibility index (Phi) is 8.02. The highest BCUT2D eigenvalue weighted by atomic mass is 16.5. The molecule has 2 aliphatic rings. The first-order valence-electron chi connectivity index (χ1n) is 9.48. The summed E-state index contributed by atoms with van der Waals surface area (Å²) >= 11 is 0. The number of likely N-dealkylation sites (tertiary alicyclic amines) is 2. The molecule has 0 aliphatic carbocycles. The minimum atomic E-state index is -0.984. The molecule has 2 N–H and O–H groups in total. The molecule has 2 aliphatic heterocycles. The van der Waals surface area contributed by atoms with Gasteiger partial charge in [0.15, 0.2) is 0 Å². The monoisotopic (exact) mass is 384 g/mol. The molecule has 0 aromatic carbocycles. The third-order valence-corrected chi connectivity index (χ3v) is 5.05. The molecule has 2 fully saturated rings. The van der Waals surface area contributed by atoms with Crippen molar-refractivity contribution in [1.29, 1.82) is 0 Å². The molecule has 152 valence electrons. The molecule has 2 rings (SSSR count). The average Bonchev–Trinajstić information content (AvgIpc) is 3.19. The van der Waals surface area contributed by atoms with E-state index in [9.17, 15) is 19.2 Å². The van der Waals surface area contributed by atoms with Crippen molar-refractivity contribution in [3.8, 4) is 0 Å². The first-order chi connectivity index (χ1) is 12.9. The molecule has 0 saturated carbocycles. The van der Waals surface area contributed by atoms with Crippen molar-refractivity contribution < 1.29 is 34.1 Å². The summed E-state index contributed by atoms with van der Waals surface area (Å²) in [4.78, 5) is 50.0. The number of carboxylic acid groups (broad SMARTS) is 1. The predicted octanol–water partition coefficient (Wildman–Crippen LogP) is -0.136. The molecule has 2 unspecified atom stereocenters. The number of carbonyl (C=O) groups excluding carboxylic acids is 3. The fraction of sp³-hybridized carbons (Fsp3) is 0.778. The molecule has 2 atom stereocenters. The number of unbranched alkanes of at least 4 members (excludes halogenated alkanes) is 3. The number of carbonyl (C=O) groups is 4. The SMILES string of the molecule is O=C(O)C1CC(=O)N(CCN2CC(C(=O)OCCCCCCO)CC2=O)C1. The number of aliphatic carboxylic acids is 1. The summed E-state index contributed by atoms with van der Waals surface area (Å²) in [6, 6.07) is 0. The van der Waals surface area contributed by atoms with Gasteiger partial charge >= 0.3 is 11.9 Å². The van der Waals surface area contributed by atoms with Gasteiger partial charge in [0.05, 0.1) is 18.4 Å². The number of hydrogen-bond donors (Lipinski definition) is 2. The molecule has 2 saturated heterocycles. The molecule has 2 amide bonds. The van der Waals surface area contributed by atoms with Crippen LogP contribution in [0.4, 0.5) is 0 Å². The summed E-state index contributed by atoms with van der Waals surface area (Å²) in [7, 11) is 0. The molecule has 9 heteroatoms. The number of rotatable bonds is 11. The minimum Gasteiger partial charge on any atom is -0.481 e. The second-order valence-electron chi connectivity index (χ2n) is 7.13. The number of aliphatic hydroxyl groups is 1. The van der Waals surface area contributed by atoms with E-state index in [4.69, 9.17) is 14.9 Å². The zero-order chi connectivity index (χ0) is 19.8. The van der Waals surface area contributed by atoms with Gasteiger partial charge in [0.1, 0.15) is 0 Å². The van der Waals surface area contributed by atoms with Crippen LogP contribution in [0.3, 0.4) is 0 Å². The number of nitrogens with zero attached hydrogens (tertiary/aromatic N) is 2. The van der Waals surface area contributed by atoms with Crippen LogP contribution in [0.15, 0.2) is 0 Å². The van der Waals surface area contributed by atoms with E-state index in [1.54, 1.807) is 0 Å². The second kappa shape index (κ2) is 10.2. The van der Waals surface area contributed by atoms with E-state index >= 15 is 0 Å². The van der Waals surface area contributed by atoms with Crippen LogP contribution in [-0.2, 0) is 23.9 Å². The van der Waals surface area contributed by atoms with Crippen molar-refractivity contribution in [3.63, 3.8) is 0 Å². The Morgan fingerprint density at radius 2 is 1.48 bits per heavy atom. The van der Waals surface area contributed by atoms with Gasteiger partial charge in [0, 0.05) is 45.6 Å². The molecular formula is C18H28N2O7. The standard InChI is InChI=1S/C18H28N2O7/c21-7-3-1-2-4-8-27-18(26)14-10-16(23)20(12-14)6-5-19-11-13(17(24)25)9-15(19)22/h13-14,21H,1-12H2,(H,24,25). The third kappa shape index (κ3) is 6.20. The van der Waals surface area contributed by atoms with Gasteiger partial charge in [-0.25, -0.2) is 0 Å². The second-order valence-corrected chi connectivity index (χ2v) is 7.13. The van der Waals surface area contributed by atoms with E-state index in [-0.39, 0.29) is 56.9 Å². The van der Waals surface area contributed by atoms with Crippen LogP contribution < -0.4 is 0 Å². The lowest BCUT2D eigenvalue weighted by atomic mass is 10.1. The highest BCUT2D eigenvalue weighted by Gasteiger charge is 2.37. The number of esters is 1. The smallest absolute Gasteiger partial charge is 0.311 e. The number of amides is 2. The van der Waals surface area contributed by atoms with Gasteiger partial charge in [-0.05, 0) is 19.3 Å². The molecule has 0 bridgehead atoms. The largest absolute Gasteiger partial charge is 0.481 e. The number of aliphatic hydroxyl groups excluding tert-OH is 1. The molecule has 2 heterocycles. The molecule has 0 aromatic rings. The van der Waals surface area contributed by atoms with Crippen molar-refractivity contribution in [1.82, 2.24) is 9.80 Å². The van der Waals surface area contributed by atoms with E-state index < -0.39 is 17.8 Å². The molecule has 9 nitrogen and oxygen atoms in total. The van der Waals surface area contributed by atoms with Gasteiger partial charge in [-0.1, -0.05) is 6.42 Å². The number of hydrogen-bond acceptors (Lipinski definition) is 6. The first-order valence-corrected chi connectivity index (χ1v) is 9.48. The Morgan fingerprint density at radius 3 is 2.04 bits per heavy atom. The maximum absolute atomic E-state index is 12.1. The predicted molar refractivity (Wildman–Crippen MR) is 93.5 cm³/mol. The highest BCUT2D eigenvalue weighted by Crippen LogP contribution is 2.21. The summed E-state index contributed by atoms with van der Waals surface area (Å²) in [5.41, 5.74) is 0. The van der Waals surface area contributed by atoms with Crippen molar-refractivity contribution in [3.05, 3.63) is 0 Å². The Hall–Kier alpha value is -2.16. The van der Waals surface area contributed by atoms with E-state index in [1.807, 2.05) is 0 Å². The van der Waals surface area contributed by atoms with Gasteiger partial charge < -0.3 is 24.7 Å². The zero-order valence-electron chi connectivity index (χ0n) is 15.5. The highest BCUT2D eigenvalue weighted by molar-refractivity contribution is 5.87. The lowest BCUT2D eigenvalue weighted by Crippen LogP contribution is -2.37. The average molecular weight is 384 g/mol. The zero-order valence-corrected chi connectivity index (χ0v) is 15.5. The van der Waals surface area contributed by atoms with Crippen LogP contribution in [0.25, 0.3) is 0 Å². The van der Waals surface area contributed by atoms with Crippen molar-refractivity contribution >= 4 is 23.8 Å².